The fourth-order valence-electron chi connectivity index (χ4n) is 2.48. The van der Waals surface area contributed by atoms with Gasteiger partial charge >= 0.3 is 0 Å². The first kappa shape index (κ1) is 16.2. The Morgan fingerprint density at radius 3 is 2.90 bits per heavy atom. The summed E-state index contributed by atoms with van der Waals surface area (Å²) in [5.41, 5.74) is 0.269. The number of nitriles is 1. The van der Waals surface area contributed by atoms with Gasteiger partial charge in [0, 0.05) is 12.6 Å². The molecule has 1 saturated heterocycles. The summed E-state index contributed by atoms with van der Waals surface area (Å²) in [5, 5.41) is 8.98. The predicted octanol–water partition coefficient (Wildman–Crippen LogP) is 1.97. The van der Waals surface area contributed by atoms with Crippen LogP contribution in [0.2, 0.25) is 5.02 Å². The van der Waals surface area contributed by atoms with Crippen LogP contribution in [0.1, 0.15) is 25.3 Å². The Morgan fingerprint density at radius 1 is 1.52 bits per heavy atom. The van der Waals surface area contributed by atoms with E-state index >= 15 is 0 Å². The van der Waals surface area contributed by atoms with E-state index in [-0.39, 0.29) is 21.5 Å². The van der Waals surface area contributed by atoms with Crippen LogP contribution in [-0.2, 0) is 10.0 Å². The maximum Gasteiger partial charge on any atom is 0.240 e. The van der Waals surface area contributed by atoms with Crippen molar-refractivity contribution in [2.24, 2.45) is 0 Å². The number of halogens is 1. The number of piperidine rings is 1. The lowest BCUT2D eigenvalue weighted by Crippen LogP contribution is -2.47. The van der Waals surface area contributed by atoms with Crippen molar-refractivity contribution in [3.63, 3.8) is 0 Å². The molecule has 21 heavy (non-hydrogen) atoms. The van der Waals surface area contributed by atoms with Crippen LogP contribution >= 0.6 is 11.6 Å². The van der Waals surface area contributed by atoms with Crippen molar-refractivity contribution in [2.45, 2.75) is 30.7 Å². The van der Waals surface area contributed by atoms with Crippen molar-refractivity contribution in [3.05, 3.63) is 28.8 Å². The highest BCUT2D eigenvalue weighted by Crippen LogP contribution is 2.21. The predicted molar refractivity (Wildman–Crippen MR) is 81.6 cm³/mol. The monoisotopic (exact) mass is 327 g/mol. The molecular weight excluding hydrogens is 310 g/mol. The summed E-state index contributed by atoms with van der Waals surface area (Å²) >= 11 is 5.90. The summed E-state index contributed by atoms with van der Waals surface area (Å²) in [6.07, 6.45) is 1.81. The molecule has 1 atom stereocenters. The van der Waals surface area contributed by atoms with Crippen LogP contribution in [0.25, 0.3) is 0 Å². The van der Waals surface area contributed by atoms with E-state index in [1.807, 2.05) is 6.07 Å². The Morgan fingerprint density at radius 2 is 2.29 bits per heavy atom. The minimum Gasteiger partial charge on any atom is -0.302 e. The van der Waals surface area contributed by atoms with Gasteiger partial charge in [0.05, 0.1) is 15.5 Å². The van der Waals surface area contributed by atoms with E-state index in [1.54, 1.807) is 0 Å². The van der Waals surface area contributed by atoms with Gasteiger partial charge in [0.15, 0.2) is 0 Å². The third kappa shape index (κ3) is 3.95. The van der Waals surface area contributed by atoms with Crippen molar-refractivity contribution in [1.82, 2.24) is 9.62 Å². The summed E-state index contributed by atoms with van der Waals surface area (Å²) in [5.74, 6) is 0. The van der Waals surface area contributed by atoms with E-state index in [4.69, 9.17) is 16.9 Å². The van der Waals surface area contributed by atoms with Crippen molar-refractivity contribution in [1.29, 1.82) is 5.26 Å². The molecule has 0 amide bonds. The van der Waals surface area contributed by atoms with Crippen LogP contribution in [0.4, 0.5) is 0 Å². The number of rotatable bonds is 4. The molecule has 7 heteroatoms. The van der Waals surface area contributed by atoms with Crippen LogP contribution in [-0.4, -0.2) is 39.0 Å². The molecule has 1 aliphatic rings. The summed E-state index contributed by atoms with van der Waals surface area (Å²) in [4.78, 5) is 2.32. The SMILES string of the molecule is CCN1CCCC(NS(=O)(=O)c2ccc(C#N)c(Cl)c2)C1. The first-order valence-corrected chi connectivity index (χ1v) is 8.76. The molecule has 0 saturated carbocycles. The molecule has 1 N–H and O–H groups in total. The lowest BCUT2D eigenvalue weighted by atomic mass is 10.1. The highest BCUT2D eigenvalue weighted by molar-refractivity contribution is 7.89. The highest BCUT2D eigenvalue weighted by Gasteiger charge is 2.25. The number of nitrogens with zero attached hydrogens (tertiary/aromatic N) is 2. The van der Waals surface area contributed by atoms with Crippen LogP contribution in [0, 0.1) is 11.3 Å². The molecule has 1 aromatic rings. The normalized spacial score (nSPS) is 20.1. The van der Waals surface area contributed by atoms with E-state index in [9.17, 15) is 8.42 Å². The van der Waals surface area contributed by atoms with Crippen LogP contribution < -0.4 is 4.72 Å². The van der Waals surface area contributed by atoms with E-state index in [0.717, 1.165) is 32.5 Å². The number of likely N-dealkylation sites (tertiary alicyclic amines) is 1. The maximum absolute atomic E-state index is 12.4. The van der Waals surface area contributed by atoms with Gasteiger partial charge in [0.25, 0.3) is 0 Å². The quantitative estimate of drug-likeness (QED) is 0.917. The van der Waals surface area contributed by atoms with Crippen LogP contribution in [0.15, 0.2) is 23.1 Å². The second-order valence-corrected chi connectivity index (χ2v) is 7.23. The molecule has 0 aliphatic carbocycles. The summed E-state index contributed by atoms with van der Waals surface area (Å²) in [6.45, 7) is 4.72. The molecule has 2 rings (SSSR count). The molecular formula is C14H18ClN3O2S. The first-order valence-electron chi connectivity index (χ1n) is 6.90. The van der Waals surface area contributed by atoms with Gasteiger partial charge in [-0.2, -0.15) is 5.26 Å². The largest absolute Gasteiger partial charge is 0.302 e. The summed E-state index contributed by atoms with van der Waals surface area (Å²) in [6, 6.07) is 5.99. The van der Waals surface area contributed by atoms with E-state index in [0.29, 0.717) is 0 Å². The van der Waals surface area contributed by atoms with Crippen LogP contribution in [0.5, 0.6) is 0 Å². The fourth-order valence-corrected chi connectivity index (χ4v) is 4.06. The molecule has 114 valence electrons. The van der Waals surface area contributed by atoms with E-state index < -0.39 is 10.0 Å². The van der Waals surface area contributed by atoms with Crippen molar-refractivity contribution < 1.29 is 8.42 Å². The van der Waals surface area contributed by atoms with Gasteiger partial charge in [-0.1, -0.05) is 18.5 Å². The summed E-state index contributed by atoms with van der Waals surface area (Å²) in [7, 11) is -3.61. The Kier molecular flexibility index (Phi) is 5.22. The van der Waals surface area contributed by atoms with Gasteiger partial charge in [-0.05, 0) is 44.1 Å². The molecule has 1 heterocycles. The number of nitrogens with one attached hydrogen (secondary N) is 1. The zero-order valence-electron chi connectivity index (χ0n) is 11.8. The average Bonchev–Trinajstić information content (AvgIpc) is 2.47. The van der Waals surface area contributed by atoms with Gasteiger partial charge in [-0.25, -0.2) is 13.1 Å². The topological polar surface area (TPSA) is 73.2 Å². The Hall–Kier alpha value is -1.13. The highest BCUT2D eigenvalue weighted by atomic mass is 35.5. The Balaban J connectivity index is 2.15. The van der Waals surface area contributed by atoms with E-state index in [1.165, 1.54) is 18.2 Å². The third-order valence-corrected chi connectivity index (χ3v) is 5.48. The second-order valence-electron chi connectivity index (χ2n) is 5.11. The molecule has 5 nitrogen and oxygen atoms in total. The fraction of sp³-hybridized carbons (Fsp3) is 0.500. The zero-order valence-corrected chi connectivity index (χ0v) is 13.4. The van der Waals surface area contributed by atoms with Crippen LogP contribution in [0.3, 0.4) is 0 Å². The second kappa shape index (κ2) is 6.75. The standard InChI is InChI=1S/C14H18ClN3O2S/c1-2-18-7-3-4-12(10-18)17-21(19,20)13-6-5-11(9-16)14(15)8-13/h5-6,8,12,17H,2-4,7,10H2,1H3. The molecule has 0 spiro atoms. The maximum atomic E-state index is 12.4. The Bertz CT molecular complexity index is 655. The van der Waals surface area contributed by atoms with Crippen molar-refractivity contribution in [2.75, 3.05) is 19.6 Å². The van der Waals surface area contributed by atoms with Gasteiger partial charge in [0.1, 0.15) is 6.07 Å². The minimum atomic E-state index is -3.61. The van der Waals surface area contributed by atoms with Gasteiger partial charge in [-0.15, -0.1) is 0 Å². The lowest BCUT2D eigenvalue weighted by Gasteiger charge is -2.32. The lowest BCUT2D eigenvalue weighted by molar-refractivity contribution is 0.211. The molecule has 1 aliphatic heterocycles. The zero-order chi connectivity index (χ0) is 15.5. The number of hydrogen-bond donors (Lipinski definition) is 1. The van der Waals surface area contributed by atoms with Crippen molar-refractivity contribution in [3.8, 4) is 6.07 Å². The molecule has 1 fully saturated rings. The van der Waals surface area contributed by atoms with E-state index in [2.05, 4.69) is 16.5 Å². The minimum absolute atomic E-state index is 0.0851. The van der Waals surface area contributed by atoms with Gasteiger partial charge < -0.3 is 4.90 Å². The number of benzene rings is 1. The molecule has 0 radical (unpaired) electrons. The first-order chi connectivity index (χ1) is 9.96. The summed E-state index contributed by atoms with van der Waals surface area (Å²) < 4.78 is 27.5. The molecule has 0 aromatic heterocycles. The average molecular weight is 328 g/mol. The van der Waals surface area contributed by atoms with Crippen molar-refractivity contribution >= 4 is 21.6 Å². The molecule has 1 unspecified atom stereocenters. The number of likely N-dealkylation sites (N-methyl/N-ethyl adjacent to an activating group) is 1. The smallest absolute Gasteiger partial charge is 0.240 e. The molecule has 1 aromatic carbocycles. The Labute approximate surface area is 130 Å². The number of sulfonamides is 1. The van der Waals surface area contributed by atoms with Gasteiger partial charge in [-0.3, -0.25) is 0 Å². The molecule has 0 bridgehead atoms. The van der Waals surface area contributed by atoms with Gasteiger partial charge in [0.2, 0.25) is 10.0 Å². The third-order valence-electron chi connectivity index (χ3n) is 3.65. The number of hydrogen-bond acceptors (Lipinski definition) is 4.